The molecule has 0 fully saturated rings. The van der Waals surface area contributed by atoms with E-state index in [1.54, 1.807) is 7.11 Å². The molecule has 6 heteroatoms. The van der Waals surface area contributed by atoms with Gasteiger partial charge in [-0.25, -0.2) is 0 Å². The van der Waals surface area contributed by atoms with Gasteiger partial charge in [0.1, 0.15) is 17.2 Å². The lowest BCUT2D eigenvalue weighted by molar-refractivity contribution is 0.0955. The van der Waals surface area contributed by atoms with E-state index in [1.165, 1.54) is 0 Å². The minimum absolute atomic E-state index is 0.147. The average Bonchev–Trinajstić information content (AvgIpc) is 3.24. The van der Waals surface area contributed by atoms with Crippen LogP contribution < -0.4 is 14.8 Å². The topological polar surface area (TPSA) is 76.2 Å². The second-order valence-electron chi connectivity index (χ2n) is 6.00. The zero-order chi connectivity index (χ0) is 18.1. The Hall–Kier alpha value is -3.28. The van der Waals surface area contributed by atoms with Gasteiger partial charge in [0, 0.05) is 11.1 Å². The summed E-state index contributed by atoms with van der Waals surface area (Å²) in [6, 6.07) is 15.2. The number of fused-ring (bicyclic) bond motifs is 1. The number of carbonyl (C=O) groups excluding carboxylic acids is 1. The highest BCUT2D eigenvalue weighted by Gasteiger charge is 2.35. The van der Waals surface area contributed by atoms with Crippen molar-refractivity contribution in [2.45, 2.75) is 13.0 Å². The molecule has 0 radical (unpaired) electrons. The van der Waals surface area contributed by atoms with Gasteiger partial charge in [-0.15, -0.1) is 0 Å². The fourth-order valence-electron chi connectivity index (χ4n) is 3.22. The molecule has 2 aromatic carbocycles. The van der Waals surface area contributed by atoms with Crippen LogP contribution in [-0.4, -0.2) is 29.8 Å². The Bertz CT molecular complexity index is 930. The lowest BCUT2D eigenvalue weighted by Crippen LogP contribution is -2.21. The summed E-state index contributed by atoms with van der Waals surface area (Å²) in [6.45, 7) is 2.57. The second kappa shape index (κ2) is 6.55. The summed E-state index contributed by atoms with van der Waals surface area (Å²) in [7, 11) is 1.63. The number of amides is 1. The molecule has 2 heterocycles. The first-order chi connectivity index (χ1) is 12.7. The van der Waals surface area contributed by atoms with E-state index in [9.17, 15) is 4.79 Å². The third kappa shape index (κ3) is 2.69. The standard InChI is InChI=1S/C20H19N3O3/c1-3-26-15-10-6-12(7-11-15)17-16-18(22-23-19(16)20(24)21-17)13-4-8-14(25-2)9-5-13/h4-11,17H,3H2,1-2H3,(H,21,24)(H,22,23). The number of methoxy groups -OCH3 is 1. The quantitative estimate of drug-likeness (QED) is 0.741. The Morgan fingerprint density at radius 2 is 1.73 bits per heavy atom. The van der Waals surface area contributed by atoms with Crippen LogP contribution in [0, 0.1) is 0 Å². The lowest BCUT2D eigenvalue weighted by Gasteiger charge is -2.14. The third-order valence-corrected chi connectivity index (χ3v) is 4.48. The molecular weight excluding hydrogens is 330 g/mol. The number of hydrogen-bond donors (Lipinski definition) is 2. The minimum atomic E-state index is -0.246. The summed E-state index contributed by atoms with van der Waals surface area (Å²) < 4.78 is 10.7. The van der Waals surface area contributed by atoms with Crippen molar-refractivity contribution >= 4 is 5.91 Å². The Labute approximate surface area is 151 Å². The summed E-state index contributed by atoms with van der Waals surface area (Å²) >= 11 is 0. The smallest absolute Gasteiger partial charge is 0.270 e. The predicted molar refractivity (Wildman–Crippen MR) is 97.5 cm³/mol. The highest BCUT2D eigenvalue weighted by Crippen LogP contribution is 2.37. The van der Waals surface area contributed by atoms with Crippen LogP contribution in [0.3, 0.4) is 0 Å². The number of rotatable bonds is 5. The van der Waals surface area contributed by atoms with Crippen molar-refractivity contribution in [1.29, 1.82) is 0 Å². The maximum atomic E-state index is 12.3. The summed E-state index contributed by atoms with van der Waals surface area (Å²) in [5.74, 6) is 1.44. The average molecular weight is 349 g/mol. The molecule has 2 N–H and O–H groups in total. The van der Waals surface area contributed by atoms with E-state index < -0.39 is 0 Å². The number of H-pyrrole nitrogens is 1. The molecule has 1 aromatic heterocycles. The van der Waals surface area contributed by atoms with E-state index in [0.29, 0.717) is 12.3 Å². The van der Waals surface area contributed by atoms with Gasteiger partial charge in [0.2, 0.25) is 0 Å². The maximum absolute atomic E-state index is 12.3. The van der Waals surface area contributed by atoms with Gasteiger partial charge in [-0.05, 0) is 48.9 Å². The second-order valence-corrected chi connectivity index (χ2v) is 6.00. The molecule has 6 nitrogen and oxygen atoms in total. The number of nitrogens with zero attached hydrogens (tertiary/aromatic N) is 1. The van der Waals surface area contributed by atoms with Crippen LogP contribution in [0.5, 0.6) is 11.5 Å². The van der Waals surface area contributed by atoms with E-state index >= 15 is 0 Å². The molecule has 26 heavy (non-hydrogen) atoms. The number of ether oxygens (including phenoxy) is 2. The molecule has 1 atom stereocenters. The molecule has 1 amide bonds. The molecule has 1 aliphatic rings. The highest BCUT2D eigenvalue weighted by molar-refractivity contribution is 6.00. The summed E-state index contributed by atoms with van der Waals surface area (Å²) in [5, 5.41) is 10.3. The monoisotopic (exact) mass is 349 g/mol. The first-order valence-corrected chi connectivity index (χ1v) is 8.47. The van der Waals surface area contributed by atoms with Crippen LogP contribution in [0.2, 0.25) is 0 Å². The SMILES string of the molecule is CCOc1ccc(C2NC(=O)c3[nH]nc(-c4ccc(OC)cc4)c32)cc1. The molecule has 1 aliphatic heterocycles. The van der Waals surface area contributed by atoms with E-state index in [-0.39, 0.29) is 11.9 Å². The van der Waals surface area contributed by atoms with Crippen LogP contribution in [0.1, 0.15) is 34.6 Å². The highest BCUT2D eigenvalue weighted by atomic mass is 16.5. The zero-order valence-electron chi connectivity index (χ0n) is 14.6. The van der Waals surface area contributed by atoms with Gasteiger partial charge in [-0.2, -0.15) is 5.10 Å². The van der Waals surface area contributed by atoms with Gasteiger partial charge >= 0.3 is 0 Å². The summed E-state index contributed by atoms with van der Waals surface area (Å²) in [5.41, 5.74) is 4.05. The summed E-state index contributed by atoms with van der Waals surface area (Å²) in [4.78, 5) is 12.3. The molecule has 0 bridgehead atoms. The number of aromatic amines is 1. The Morgan fingerprint density at radius 3 is 2.38 bits per heavy atom. The van der Waals surface area contributed by atoms with Gasteiger partial charge < -0.3 is 14.8 Å². The van der Waals surface area contributed by atoms with Crippen LogP contribution in [0.15, 0.2) is 48.5 Å². The Balaban J connectivity index is 1.73. The van der Waals surface area contributed by atoms with Crippen LogP contribution in [-0.2, 0) is 0 Å². The molecule has 3 aromatic rings. The number of nitrogens with one attached hydrogen (secondary N) is 2. The van der Waals surface area contributed by atoms with Gasteiger partial charge in [0.05, 0.1) is 25.5 Å². The van der Waals surface area contributed by atoms with Crippen LogP contribution in [0.25, 0.3) is 11.3 Å². The van der Waals surface area contributed by atoms with Gasteiger partial charge in [-0.3, -0.25) is 9.89 Å². The molecular formula is C20H19N3O3. The lowest BCUT2D eigenvalue weighted by atomic mass is 9.96. The van der Waals surface area contributed by atoms with Crippen molar-refractivity contribution in [3.8, 4) is 22.8 Å². The molecule has 0 spiro atoms. The summed E-state index contributed by atoms with van der Waals surface area (Å²) in [6.07, 6.45) is 0. The fourth-order valence-corrected chi connectivity index (χ4v) is 3.22. The number of aromatic nitrogens is 2. The first-order valence-electron chi connectivity index (χ1n) is 8.47. The predicted octanol–water partition coefficient (Wildman–Crippen LogP) is 3.32. The minimum Gasteiger partial charge on any atom is -0.497 e. The molecule has 0 aliphatic carbocycles. The molecule has 1 unspecified atom stereocenters. The zero-order valence-corrected chi connectivity index (χ0v) is 14.6. The van der Waals surface area contributed by atoms with Gasteiger partial charge in [-0.1, -0.05) is 12.1 Å². The van der Waals surface area contributed by atoms with Crippen LogP contribution in [0.4, 0.5) is 0 Å². The van der Waals surface area contributed by atoms with E-state index in [1.807, 2.05) is 55.5 Å². The fraction of sp³-hybridized carbons (Fsp3) is 0.200. The van der Waals surface area contributed by atoms with Crippen molar-refractivity contribution in [2.24, 2.45) is 0 Å². The largest absolute Gasteiger partial charge is 0.497 e. The molecule has 0 saturated heterocycles. The van der Waals surface area contributed by atoms with Gasteiger partial charge in [0.25, 0.3) is 5.91 Å². The molecule has 132 valence electrons. The first kappa shape index (κ1) is 16.2. The number of benzene rings is 2. The van der Waals surface area contributed by atoms with Crippen molar-refractivity contribution < 1.29 is 14.3 Å². The number of carbonyl (C=O) groups is 1. The molecule has 0 saturated carbocycles. The van der Waals surface area contributed by atoms with Crippen molar-refractivity contribution in [3.05, 3.63) is 65.4 Å². The van der Waals surface area contributed by atoms with Crippen molar-refractivity contribution in [3.63, 3.8) is 0 Å². The van der Waals surface area contributed by atoms with Crippen molar-refractivity contribution in [1.82, 2.24) is 15.5 Å². The third-order valence-electron chi connectivity index (χ3n) is 4.48. The number of hydrogen-bond acceptors (Lipinski definition) is 4. The van der Waals surface area contributed by atoms with Crippen LogP contribution >= 0.6 is 0 Å². The Kier molecular flexibility index (Phi) is 4.08. The van der Waals surface area contributed by atoms with E-state index in [0.717, 1.165) is 33.9 Å². The van der Waals surface area contributed by atoms with Crippen molar-refractivity contribution in [2.75, 3.05) is 13.7 Å². The maximum Gasteiger partial charge on any atom is 0.270 e. The normalized spacial score (nSPS) is 15.5. The van der Waals surface area contributed by atoms with E-state index in [2.05, 4.69) is 15.5 Å². The van der Waals surface area contributed by atoms with Gasteiger partial charge in [0.15, 0.2) is 0 Å². The van der Waals surface area contributed by atoms with E-state index in [4.69, 9.17) is 9.47 Å². The molecule has 4 rings (SSSR count). The Morgan fingerprint density at radius 1 is 1.04 bits per heavy atom.